The summed E-state index contributed by atoms with van der Waals surface area (Å²) in [6, 6.07) is 5.84. The van der Waals surface area contributed by atoms with E-state index in [0.29, 0.717) is 19.4 Å². The topological polar surface area (TPSA) is 32.3 Å². The monoisotopic (exact) mass is 241 g/mol. The number of aliphatic hydroxyl groups is 1. The number of hydrogen-bond acceptors (Lipinski definition) is 2. The summed E-state index contributed by atoms with van der Waals surface area (Å²) >= 11 is 6.12. The lowest BCUT2D eigenvalue weighted by atomic mass is 10.1. The van der Waals surface area contributed by atoms with Crippen LogP contribution in [0.4, 0.5) is 0 Å². The van der Waals surface area contributed by atoms with E-state index in [2.05, 4.69) is 5.32 Å². The second kappa shape index (κ2) is 5.67. The van der Waals surface area contributed by atoms with Crippen LogP contribution >= 0.6 is 11.6 Å². The third-order valence-electron chi connectivity index (χ3n) is 3.12. The van der Waals surface area contributed by atoms with E-state index in [9.17, 15) is 5.11 Å². The van der Waals surface area contributed by atoms with Crippen molar-refractivity contribution in [2.24, 2.45) is 0 Å². The van der Waals surface area contributed by atoms with Gasteiger partial charge in [-0.2, -0.15) is 0 Å². The highest BCUT2D eigenvalue weighted by Crippen LogP contribution is 2.21. The van der Waals surface area contributed by atoms with E-state index in [1.165, 1.54) is 0 Å². The molecule has 0 unspecified atom stereocenters. The minimum absolute atomic E-state index is 0.601. The van der Waals surface area contributed by atoms with Gasteiger partial charge in [-0.25, -0.2) is 0 Å². The molecule has 16 heavy (non-hydrogen) atoms. The Bertz CT molecular complexity index is 328. The molecule has 0 radical (unpaired) electrons. The highest BCUT2D eigenvalue weighted by molar-refractivity contribution is 6.31. The second-order valence-electron chi connectivity index (χ2n) is 4.13. The molecule has 0 saturated heterocycles. The van der Waals surface area contributed by atoms with Crippen LogP contribution in [-0.4, -0.2) is 10.8 Å². The third-order valence-corrected chi connectivity index (χ3v) is 3.47. The maximum atomic E-state index is 10.1. The first-order chi connectivity index (χ1) is 7.52. The van der Waals surface area contributed by atoms with E-state index in [1.54, 1.807) is 0 Å². The summed E-state index contributed by atoms with van der Waals surface area (Å²) in [6.45, 7) is 6.56. The predicted octanol–water partition coefficient (Wildman–Crippen LogP) is 3.25. The Morgan fingerprint density at radius 1 is 1.31 bits per heavy atom. The Morgan fingerprint density at radius 2 is 1.94 bits per heavy atom. The van der Waals surface area contributed by atoms with Gasteiger partial charge in [0.25, 0.3) is 0 Å². The smallest absolute Gasteiger partial charge is 0.115 e. The molecule has 3 heteroatoms. The van der Waals surface area contributed by atoms with Crippen LogP contribution < -0.4 is 5.32 Å². The molecule has 0 bridgehead atoms. The number of hydrogen-bond donors (Lipinski definition) is 2. The quantitative estimate of drug-likeness (QED) is 0.776. The minimum Gasteiger partial charge on any atom is -0.376 e. The number of aryl methyl sites for hydroxylation is 1. The third kappa shape index (κ3) is 3.21. The van der Waals surface area contributed by atoms with Gasteiger partial charge in [-0.05, 0) is 37.0 Å². The van der Waals surface area contributed by atoms with Crippen molar-refractivity contribution in [3.63, 3.8) is 0 Å². The number of halogens is 1. The highest BCUT2D eigenvalue weighted by Gasteiger charge is 2.21. The van der Waals surface area contributed by atoms with Crippen LogP contribution in [0.2, 0.25) is 5.02 Å². The van der Waals surface area contributed by atoms with E-state index in [0.717, 1.165) is 16.1 Å². The summed E-state index contributed by atoms with van der Waals surface area (Å²) in [5.41, 5.74) is 1.42. The molecular formula is C13H20ClNO. The molecule has 0 saturated carbocycles. The Hall–Kier alpha value is -0.570. The molecule has 0 aliphatic rings. The molecule has 1 aromatic rings. The second-order valence-corrected chi connectivity index (χ2v) is 4.53. The van der Waals surface area contributed by atoms with Gasteiger partial charge in [0.2, 0.25) is 0 Å². The summed E-state index contributed by atoms with van der Waals surface area (Å²) < 4.78 is 0. The molecule has 0 atom stereocenters. The molecule has 90 valence electrons. The molecule has 2 N–H and O–H groups in total. The van der Waals surface area contributed by atoms with E-state index < -0.39 is 5.72 Å². The van der Waals surface area contributed by atoms with Gasteiger partial charge in [0, 0.05) is 11.6 Å². The van der Waals surface area contributed by atoms with Gasteiger partial charge in [0.15, 0.2) is 0 Å². The van der Waals surface area contributed by atoms with Crippen LogP contribution in [0.1, 0.15) is 37.8 Å². The molecule has 0 aliphatic carbocycles. The highest BCUT2D eigenvalue weighted by atomic mass is 35.5. The van der Waals surface area contributed by atoms with Gasteiger partial charge in [-0.15, -0.1) is 0 Å². The van der Waals surface area contributed by atoms with Crippen LogP contribution in [0.25, 0.3) is 0 Å². The average molecular weight is 242 g/mol. The van der Waals surface area contributed by atoms with Crippen LogP contribution in [0.5, 0.6) is 0 Å². The molecule has 0 amide bonds. The van der Waals surface area contributed by atoms with Crippen LogP contribution in [0.3, 0.4) is 0 Å². The van der Waals surface area contributed by atoms with Crippen LogP contribution in [0, 0.1) is 6.92 Å². The summed E-state index contributed by atoms with van der Waals surface area (Å²) in [6.07, 6.45) is 1.38. The average Bonchev–Trinajstić information content (AvgIpc) is 2.28. The number of nitrogens with one attached hydrogen (secondary N) is 1. The van der Waals surface area contributed by atoms with Crippen LogP contribution in [0.15, 0.2) is 18.2 Å². The molecule has 0 aliphatic heterocycles. The Labute approximate surface area is 103 Å². The van der Waals surface area contributed by atoms with Crippen molar-refractivity contribution in [3.05, 3.63) is 34.3 Å². The lowest BCUT2D eigenvalue weighted by Gasteiger charge is -2.27. The molecule has 0 heterocycles. The van der Waals surface area contributed by atoms with Crippen molar-refractivity contribution in [1.29, 1.82) is 0 Å². The molecule has 0 spiro atoms. The number of benzene rings is 1. The fourth-order valence-corrected chi connectivity index (χ4v) is 1.93. The fraction of sp³-hybridized carbons (Fsp3) is 0.538. The molecule has 1 rings (SSSR count). The first kappa shape index (κ1) is 13.5. The molecule has 0 aromatic heterocycles. The Balaban J connectivity index is 2.75. The maximum absolute atomic E-state index is 10.1. The van der Waals surface area contributed by atoms with Crippen molar-refractivity contribution < 1.29 is 5.11 Å². The SMILES string of the molecule is CCC(O)(CC)NCc1c(C)cccc1Cl. The summed E-state index contributed by atoms with van der Waals surface area (Å²) in [5.74, 6) is 0. The zero-order valence-electron chi connectivity index (χ0n) is 10.2. The molecular weight excluding hydrogens is 222 g/mol. The van der Waals surface area contributed by atoms with Gasteiger partial charge in [0.05, 0.1) is 0 Å². The zero-order chi connectivity index (χ0) is 12.2. The minimum atomic E-state index is -0.786. The van der Waals surface area contributed by atoms with Crippen molar-refractivity contribution in [2.75, 3.05) is 0 Å². The lowest BCUT2D eigenvalue weighted by molar-refractivity contribution is -0.00416. The van der Waals surface area contributed by atoms with Crippen molar-refractivity contribution >= 4 is 11.6 Å². The molecule has 0 fully saturated rings. The maximum Gasteiger partial charge on any atom is 0.115 e. The largest absolute Gasteiger partial charge is 0.376 e. The number of rotatable bonds is 5. The zero-order valence-corrected chi connectivity index (χ0v) is 10.9. The van der Waals surface area contributed by atoms with Gasteiger partial charge < -0.3 is 5.11 Å². The van der Waals surface area contributed by atoms with Gasteiger partial charge in [-0.3, -0.25) is 5.32 Å². The molecule has 2 nitrogen and oxygen atoms in total. The van der Waals surface area contributed by atoms with E-state index in [1.807, 2.05) is 39.0 Å². The fourth-order valence-electron chi connectivity index (χ4n) is 1.64. The predicted molar refractivity (Wildman–Crippen MR) is 68.6 cm³/mol. The van der Waals surface area contributed by atoms with Gasteiger partial charge in [0.1, 0.15) is 5.72 Å². The van der Waals surface area contributed by atoms with E-state index in [-0.39, 0.29) is 0 Å². The summed E-state index contributed by atoms with van der Waals surface area (Å²) in [7, 11) is 0. The van der Waals surface area contributed by atoms with Crippen LogP contribution in [-0.2, 0) is 6.54 Å². The first-order valence-corrected chi connectivity index (χ1v) is 6.11. The van der Waals surface area contributed by atoms with Crippen molar-refractivity contribution in [2.45, 2.75) is 45.9 Å². The van der Waals surface area contributed by atoms with Crippen molar-refractivity contribution in [1.82, 2.24) is 5.32 Å². The van der Waals surface area contributed by atoms with E-state index >= 15 is 0 Å². The lowest BCUT2D eigenvalue weighted by Crippen LogP contribution is -2.43. The van der Waals surface area contributed by atoms with Gasteiger partial charge >= 0.3 is 0 Å². The summed E-state index contributed by atoms with van der Waals surface area (Å²) in [5, 5.41) is 14.0. The Morgan fingerprint density at radius 3 is 2.44 bits per heavy atom. The van der Waals surface area contributed by atoms with E-state index in [4.69, 9.17) is 11.6 Å². The standard InChI is InChI=1S/C13H20ClNO/c1-4-13(16,5-2)15-9-11-10(3)7-6-8-12(11)14/h6-8,15-16H,4-5,9H2,1-3H3. The normalized spacial score (nSPS) is 11.8. The van der Waals surface area contributed by atoms with Gasteiger partial charge in [-0.1, -0.05) is 37.6 Å². The first-order valence-electron chi connectivity index (χ1n) is 5.74. The van der Waals surface area contributed by atoms with Crippen molar-refractivity contribution in [3.8, 4) is 0 Å². The Kier molecular flexibility index (Phi) is 4.78. The summed E-state index contributed by atoms with van der Waals surface area (Å²) in [4.78, 5) is 0. The molecule has 1 aromatic carbocycles.